The van der Waals surface area contributed by atoms with Gasteiger partial charge in [0.1, 0.15) is 5.82 Å². The maximum absolute atomic E-state index is 12.5. The summed E-state index contributed by atoms with van der Waals surface area (Å²) in [6, 6.07) is 5.58. The second-order valence-electron chi connectivity index (χ2n) is 6.02. The van der Waals surface area contributed by atoms with E-state index < -0.39 is 6.35 Å². The van der Waals surface area contributed by atoms with Crippen molar-refractivity contribution in [3.05, 3.63) is 35.3 Å². The average molecular weight is 358 g/mol. The van der Waals surface area contributed by atoms with Crippen LogP contribution in [0.25, 0.3) is 12.2 Å². The van der Waals surface area contributed by atoms with E-state index in [1.807, 2.05) is 30.4 Å². The summed E-state index contributed by atoms with van der Waals surface area (Å²) >= 11 is 0. The first kappa shape index (κ1) is 17.8. The number of aliphatic hydroxyl groups is 1. The Hall–Kier alpha value is -3.00. The number of methoxy groups -OCH3 is 2. The van der Waals surface area contributed by atoms with Gasteiger partial charge in [0.2, 0.25) is 6.35 Å². The van der Waals surface area contributed by atoms with Gasteiger partial charge in [-0.15, -0.1) is 0 Å². The van der Waals surface area contributed by atoms with E-state index in [0.717, 1.165) is 5.56 Å². The average Bonchev–Trinajstić information content (AvgIpc) is 2.99. The fourth-order valence-electron chi connectivity index (χ4n) is 2.90. The third-order valence-corrected chi connectivity index (χ3v) is 4.49. The molecule has 0 aliphatic carbocycles. The van der Waals surface area contributed by atoms with Crippen LogP contribution >= 0.6 is 0 Å². The third kappa shape index (κ3) is 2.78. The highest BCUT2D eigenvalue weighted by molar-refractivity contribution is 5.99. The molecule has 1 aliphatic rings. The van der Waals surface area contributed by atoms with Crippen molar-refractivity contribution >= 4 is 23.9 Å². The SMILES string of the molecule is COc1ccc(/C=C/c2nc3c(n2C)C(=O)N(C)C(O)N3C)cc1OC. The maximum atomic E-state index is 12.5. The van der Waals surface area contributed by atoms with E-state index in [1.54, 1.807) is 44.8 Å². The van der Waals surface area contributed by atoms with Gasteiger partial charge in [0, 0.05) is 21.1 Å². The minimum absolute atomic E-state index is 0.272. The number of hydrogen-bond donors (Lipinski definition) is 1. The number of carbonyl (C=O) groups is 1. The van der Waals surface area contributed by atoms with Gasteiger partial charge >= 0.3 is 0 Å². The van der Waals surface area contributed by atoms with Crippen LogP contribution in [0.2, 0.25) is 0 Å². The zero-order valence-electron chi connectivity index (χ0n) is 15.4. The number of aliphatic hydroxyl groups excluding tert-OH is 1. The van der Waals surface area contributed by atoms with Crippen LogP contribution in [0.15, 0.2) is 18.2 Å². The minimum atomic E-state index is -1.03. The zero-order chi connectivity index (χ0) is 19.0. The van der Waals surface area contributed by atoms with E-state index in [2.05, 4.69) is 4.98 Å². The summed E-state index contributed by atoms with van der Waals surface area (Å²) in [6.07, 6.45) is 2.65. The Morgan fingerprint density at radius 1 is 1.08 bits per heavy atom. The molecule has 1 N–H and O–H groups in total. The van der Waals surface area contributed by atoms with E-state index in [-0.39, 0.29) is 5.91 Å². The van der Waals surface area contributed by atoms with Crippen molar-refractivity contribution in [1.29, 1.82) is 0 Å². The monoisotopic (exact) mass is 358 g/mol. The first-order chi connectivity index (χ1) is 12.4. The molecular formula is C18H22N4O4. The van der Waals surface area contributed by atoms with E-state index in [9.17, 15) is 9.90 Å². The van der Waals surface area contributed by atoms with Gasteiger partial charge in [-0.2, -0.15) is 0 Å². The van der Waals surface area contributed by atoms with Crippen LogP contribution in [-0.2, 0) is 7.05 Å². The van der Waals surface area contributed by atoms with Gasteiger partial charge < -0.3 is 24.0 Å². The summed E-state index contributed by atoms with van der Waals surface area (Å²) in [5.74, 6) is 2.07. The number of fused-ring (bicyclic) bond motifs is 1. The summed E-state index contributed by atoms with van der Waals surface area (Å²) in [5, 5.41) is 10.1. The number of benzene rings is 1. The number of nitrogens with zero attached hydrogens (tertiary/aromatic N) is 4. The third-order valence-electron chi connectivity index (χ3n) is 4.49. The molecule has 0 radical (unpaired) electrons. The van der Waals surface area contributed by atoms with Crippen LogP contribution in [0.4, 0.5) is 5.82 Å². The Labute approximate surface area is 151 Å². The molecule has 0 spiro atoms. The Bertz CT molecular complexity index is 874. The number of aromatic nitrogens is 2. The Balaban J connectivity index is 1.96. The van der Waals surface area contributed by atoms with Gasteiger partial charge in [0.25, 0.3) is 5.91 Å². The molecule has 0 saturated heterocycles. The van der Waals surface area contributed by atoms with Crippen LogP contribution in [0.5, 0.6) is 11.5 Å². The zero-order valence-corrected chi connectivity index (χ0v) is 15.4. The topological polar surface area (TPSA) is 80.1 Å². The Morgan fingerprint density at radius 2 is 1.77 bits per heavy atom. The molecule has 8 heteroatoms. The summed E-state index contributed by atoms with van der Waals surface area (Å²) in [7, 11) is 8.20. The number of rotatable bonds is 4. The molecule has 1 atom stereocenters. The lowest BCUT2D eigenvalue weighted by atomic mass is 10.2. The molecule has 8 nitrogen and oxygen atoms in total. The highest BCUT2D eigenvalue weighted by Gasteiger charge is 2.36. The fraction of sp³-hybridized carbons (Fsp3) is 0.333. The Morgan fingerprint density at radius 3 is 2.42 bits per heavy atom. The van der Waals surface area contributed by atoms with Crippen molar-refractivity contribution in [2.24, 2.45) is 7.05 Å². The lowest BCUT2D eigenvalue weighted by molar-refractivity contribution is 0.0153. The molecule has 26 heavy (non-hydrogen) atoms. The standard InChI is InChI=1S/C18H22N4O4/c1-20-14(9-7-11-6-8-12(25-4)13(10-11)26-5)19-16-15(20)17(23)22(3)18(24)21(16)2/h6-10,18,24H,1-5H3/b9-7+. The van der Waals surface area contributed by atoms with Gasteiger partial charge in [-0.05, 0) is 23.8 Å². The molecular weight excluding hydrogens is 336 g/mol. The lowest BCUT2D eigenvalue weighted by Gasteiger charge is -2.36. The molecule has 1 amide bonds. The van der Waals surface area contributed by atoms with E-state index >= 15 is 0 Å². The van der Waals surface area contributed by atoms with Crippen LogP contribution in [0.1, 0.15) is 21.9 Å². The molecule has 1 aromatic carbocycles. The highest BCUT2D eigenvalue weighted by atomic mass is 16.5. The number of amides is 1. The molecule has 1 aliphatic heterocycles. The predicted octanol–water partition coefficient (Wildman–Crippen LogP) is 1.41. The van der Waals surface area contributed by atoms with E-state index in [0.29, 0.717) is 28.8 Å². The fourth-order valence-corrected chi connectivity index (χ4v) is 2.90. The molecule has 2 heterocycles. The van der Waals surface area contributed by atoms with Gasteiger partial charge in [-0.3, -0.25) is 9.69 Å². The molecule has 138 valence electrons. The highest BCUT2D eigenvalue weighted by Crippen LogP contribution is 2.30. The minimum Gasteiger partial charge on any atom is -0.493 e. The van der Waals surface area contributed by atoms with E-state index in [1.165, 1.54) is 4.90 Å². The smallest absolute Gasteiger partial charge is 0.277 e. The van der Waals surface area contributed by atoms with E-state index in [4.69, 9.17) is 9.47 Å². The first-order valence-corrected chi connectivity index (χ1v) is 8.04. The summed E-state index contributed by atoms with van der Waals surface area (Å²) < 4.78 is 12.3. The van der Waals surface area contributed by atoms with Crippen LogP contribution < -0.4 is 14.4 Å². The number of ether oxygens (including phenoxy) is 2. The molecule has 1 unspecified atom stereocenters. The van der Waals surface area contributed by atoms with Crippen molar-refractivity contribution < 1.29 is 19.4 Å². The van der Waals surface area contributed by atoms with Crippen molar-refractivity contribution in [2.45, 2.75) is 6.35 Å². The Kier molecular flexibility index (Phi) is 4.60. The van der Waals surface area contributed by atoms with Crippen molar-refractivity contribution in [2.75, 3.05) is 33.2 Å². The largest absolute Gasteiger partial charge is 0.493 e. The molecule has 0 saturated carbocycles. The molecule has 0 bridgehead atoms. The number of hydrogen-bond acceptors (Lipinski definition) is 6. The second-order valence-corrected chi connectivity index (χ2v) is 6.02. The number of carbonyl (C=O) groups excluding carboxylic acids is 1. The molecule has 1 aromatic heterocycles. The van der Waals surface area contributed by atoms with Crippen molar-refractivity contribution in [3.63, 3.8) is 0 Å². The quantitative estimate of drug-likeness (QED) is 0.890. The van der Waals surface area contributed by atoms with Gasteiger partial charge in [0.05, 0.1) is 14.2 Å². The van der Waals surface area contributed by atoms with Gasteiger partial charge in [-0.25, -0.2) is 4.98 Å². The first-order valence-electron chi connectivity index (χ1n) is 8.04. The predicted molar refractivity (Wildman–Crippen MR) is 98.2 cm³/mol. The molecule has 2 aromatic rings. The number of imidazole rings is 1. The van der Waals surface area contributed by atoms with Crippen LogP contribution in [0.3, 0.4) is 0 Å². The summed E-state index contributed by atoms with van der Waals surface area (Å²) in [6.45, 7) is 0. The molecule has 3 rings (SSSR count). The van der Waals surface area contributed by atoms with Crippen LogP contribution in [0, 0.1) is 0 Å². The van der Waals surface area contributed by atoms with Crippen molar-refractivity contribution in [1.82, 2.24) is 14.5 Å². The second kappa shape index (κ2) is 6.72. The number of anilines is 1. The van der Waals surface area contributed by atoms with Gasteiger partial charge in [-0.1, -0.05) is 12.1 Å². The normalized spacial score (nSPS) is 17.0. The summed E-state index contributed by atoms with van der Waals surface area (Å²) in [5.41, 5.74) is 1.34. The molecule has 0 fully saturated rings. The maximum Gasteiger partial charge on any atom is 0.277 e. The van der Waals surface area contributed by atoms with Crippen LogP contribution in [-0.4, -0.2) is 60.1 Å². The van der Waals surface area contributed by atoms with Crippen molar-refractivity contribution in [3.8, 4) is 11.5 Å². The lowest BCUT2D eigenvalue weighted by Crippen LogP contribution is -2.52. The summed E-state index contributed by atoms with van der Waals surface area (Å²) in [4.78, 5) is 19.8. The van der Waals surface area contributed by atoms with Gasteiger partial charge in [0.15, 0.2) is 23.0 Å².